The monoisotopic (exact) mass is 343 g/mol. The van der Waals surface area contributed by atoms with Crippen LogP contribution in [0.25, 0.3) is 0 Å². The van der Waals surface area contributed by atoms with Gasteiger partial charge in [-0.05, 0) is 55.4 Å². The van der Waals surface area contributed by atoms with Crippen molar-refractivity contribution < 1.29 is 4.74 Å². The second kappa shape index (κ2) is 6.05. The Hall–Kier alpha value is -2.48. The van der Waals surface area contributed by atoms with Crippen LogP contribution in [0.4, 0.5) is 5.69 Å². The lowest BCUT2D eigenvalue weighted by molar-refractivity contribution is 0.0546. The van der Waals surface area contributed by atoms with Crippen LogP contribution >= 0.6 is 0 Å². The van der Waals surface area contributed by atoms with Gasteiger partial charge in [-0.1, -0.05) is 60.2 Å². The highest BCUT2D eigenvalue weighted by Gasteiger charge is 2.46. The van der Waals surface area contributed by atoms with Crippen LogP contribution in [-0.4, -0.2) is 6.23 Å². The molecule has 0 fully saturated rings. The summed E-state index contributed by atoms with van der Waals surface area (Å²) in [6, 6.07) is 20.1. The quantitative estimate of drug-likeness (QED) is 0.655. The van der Waals surface area contributed by atoms with E-state index in [2.05, 4.69) is 79.4 Å². The smallest absolute Gasteiger partial charge is 0.179 e. The maximum Gasteiger partial charge on any atom is 0.179 e. The first-order valence-electron chi connectivity index (χ1n) is 9.64. The summed E-state index contributed by atoms with van der Waals surface area (Å²) in [6.07, 6.45) is 6.68. The van der Waals surface area contributed by atoms with E-state index >= 15 is 0 Å². The van der Waals surface area contributed by atoms with Gasteiger partial charge in [0, 0.05) is 11.6 Å². The molecule has 0 saturated heterocycles. The van der Waals surface area contributed by atoms with Gasteiger partial charge in [0.25, 0.3) is 0 Å². The number of ether oxygens (including phenoxy) is 1. The lowest BCUT2D eigenvalue weighted by Gasteiger charge is -2.43. The van der Waals surface area contributed by atoms with Crippen molar-refractivity contribution in [2.45, 2.75) is 39.0 Å². The van der Waals surface area contributed by atoms with Crippen LogP contribution in [0.5, 0.6) is 0 Å². The number of allylic oxidation sites excluding steroid dienone is 2. The molecule has 26 heavy (non-hydrogen) atoms. The van der Waals surface area contributed by atoms with E-state index in [1.807, 2.05) is 6.26 Å². The topological polar surface area (TPSA) is 12.5 Å². The number of anilines is 1. The molecule has 2 aromatic rings. The molecule has 0 spiro atoms. The highest BCUT2D eigenvalue weighted by Crippen LogP contribution is 2.49. The first-order valence-corrected chi connectivity index (χ1v) is 9.64. The Morgan fingerprint density at radius 3 is 2.54 bits per heavy atom. The average Bonchev–Trinajstić information content (AvgIpc) is 3.25. The van der Waals surface area contributed by atoms with Crippen molar-refractivity contribution in [3.63, 3.8) is 0 Å². The SMILES string of the molecule is CC1=CC[C@@H]2C(C)=CO[C@@H](N3c4ccccc4C[C@H]3c3ccccc3)[C@H]12. The summed E-state index contributed by atoms with van der Waals surface area (Å²) in [5.74, 6) is 1.02. The summed E-state index contributed by atoms with van der Waals surface area (Å²) in [6.45, 7) is 4.49. The predicted molar refractivity (Wildman–Crippen MR) is 106 cm³/mol. The highest BCUT2D eigenvalue weighted by atomic mass is 16.5. The van der Waals surface area contributed by atoms with E-state index in [1.165, 1.54) is 28.0 Å². The van der Waals surface area contributed by atoms with Crippen LogP contribution in [0, 0.1) is 11.8 Å². The summed E-state index contributed by atoms with van der Waals surface area (Å²) in [5.41, 5.74) is 6.98. The van der Waals surface area contributed by atoms with Gasteiger partial charge in [-0.2, -0.15) is 0 Å². The highest BCUT2D eigenvalue weighted by molar-refractivity contribution is 5.62. The Labute approximate surface area is 155 Å². The van der Waals surface area contributed by atoms with Crippen molar-refractivity contribution in [1.29, 1.82) is 0 Å². The zero-order valence-electron chi connectivity index (χ0n) is 15.4. The third kappa shape index (κ3) is 2.32. The Morgan fingerprint density at radius 2 is 1.69 bits per heavy atom. The first-order chi connectivity index (χ1) is 12.7. The molecule has 132 valence electrons. The normalized spacial score (nSPS) is 29.5. The minimum Gasteiger partial charge on any atom is -0.477 e. The van der Waals surface area contributed by atoms with Gasteiger partial charge in [0.05, 0.1) is 12.3 Å². The van der Waals surface area contributed by atoms with Crippen molar-refractivity contribution in [3.05, 3.63) is 89.2 Å². The van der Waals surface area contributed by atoms with Crippen molar-refractivity contribution >= 4 is 5.69 Å². The maximum absolute atomic E-state index is 6.39. The Morgan fingerprint density at radius 1 is 0.923 bits per heavy atom. The van der Waals surface area contributed by atoms with Gasteiger partial charge in [-0.25, -0.2) is 0 Å². The van der Waals surface area contributed by atoms with Crippen LogP contribution in [-0.2, 0) is 11.2 Å². The largest absolute Gasteiger partial charge is 0.477 e. The van der Waals surface area contributed by atoms with Crippen LogP contribution in [0.15, 0.2) is 78.1 Å². The Kier molecular flexibility index (Phi) is 3.66. The first kappa shape index (κ1) is 15.7. The van der Waals surface area contributed by atoms with Gasteiger partial charge < -0.3 is 9.64 Å². The zero-order chi connectivity index (χ0) is 17.7. The lowest BCUT2D eigenvalue weighted by Crippen LogP contribution is -2.46. The van der Waals surface area contributed by atoms with Crippen LogP contribution in [0.1, 0.15) is 37.4 Å². The molecule has 2 nitrogen and oxygen atoms in total. The molecule has 0 saturated carbocycles. The van der Waals surface area contributed by atoms with Crippen LogP contribution in [0.3, 0.4) is 0 Å². The molecule has 2 heterocycles. The van der Waals surface area contributed by atoms with Crippen molar-refractivity contribution in [2.75, 3.05) is 4.90 Å². The van der Waals surface area contributed by atoms with Crippen molar-refractivity contribution in [2.24, 2.45) is 11.8 Å². The molecule has 0 unspecified atom stereocenters. The predicted octanol–water partition coefficient (Wildman–Crippen LogP) is 5.63. The molecular formula is C24H25NO. The Balaban J connectivity index is 1.61. The third-order valence-corrected chi connectivity index (χ3v) is 6.42. The molecule has 2 aromatic carbocycles. The van der Waals surface area contributed by atoms with Gasteiger partial charge >= 0.3 is 0 Å². The summed E-state index contributed by atoms with van der Waals surface area (Å²) < 4.78 is 6.39. The standard InChI is InChI=1S/C24H25NO/c1-16-12-13-20-17(2)15-26-24(23(16)20)25-21-11-7-6-10-19(21)14-22(25)18-8-4-3-5-9-18/h3-12,15,20,22-24H,13-14H2,1-2H3/t20-,22+,23-,24-/m1/s1. The minimum absolute atomic E-state index is 0.0660. The third-order valence-electron chi connectivity index (χ3n) is 6.42. The summed E-state index contributed by atoms with van der Waals surface area (Å²) in [4.78, 5) is 2.55. The van der Waals surface area contributed by atoms with Gasteiger partial charge in [0.15, 0.2) is 6.23 Å². The number of fused-ring (bicyclic) bond motifs is 2. The number of hydrogen-bond acceptors (Lipinski definition) is 2. The minimum atomic E-state index is 0.0660. The summed E-state index contributed by atoms with van der Waals surface area (Å²) in [7, 11) is 0. The number of rotatable bonds is 2. The molecule has 0 radical (unpaired) electrons. The van der Waals surface area contributed by atoms with Crippen molar-refractivity contribution in [1.82, 2.24) is 0 Å². The van der Waals surface area contributed by atoms with Gasteiger partial charge in [-0.15, -0.1) is 0 Å². The van der Waals surface area contributed by atoms with Gasteiger partial charge in [0.2, 0.25) is 0 Å². The molecule has 0 aromatic heterocycles. The van der Waals surface area contributed by atoms with Crippen LogP contribution < -0.4 is 4.90 Å². The van der Waals surface area contributed by atoms with Gasteiger partial charge in [0.1, 0.15) is 0 Å². The number of benzene rings is 2. The second-order valence-electron chi connectivity index (χ2n) is 7.87. The molecule has 0 N–H and O–H groups in total. The van der Waals surface area contributed by atoms with E-state index in [1.54, 1.807) is 0 Å². The van der Waals surface area contributed by atoms with E-state index in [-0.39, 0.29) is 6.23 Å². The van der Waals surface area contributed by atoms with E-state index in [9.17, 15) is 0 Å². The summed E-state index contributed by atoms with van der Waals surface area (Å²) in [5, 5.41) is 0. The fourth-order valence-corrected chi connectivity index (χ4v) is 5.07. The molecule has 0 bridgehead atoms. The fraction of sp³-hybridized carbons (Fsp3) is 0.333. The van der Waals surface area contributed by atoms with Crippen molar-refractivity contribution in [3.8, 4) is 0 Å². The summed E-state index contributed by atoms with van der Waals surface area (Å²) >= 11 is 0. The Bertz CT molecular complexity index is 882. The maximum atomic E-state index is 6.39. The molecule has 5 rings (SSSR count). The van der Waals surface area contributed by atoms with E-state index < -0.39 is 0 Å². The number of nitrogens with zero attached hydrogens (tertiary/aromatic N) is 1. The fourth-order valence-electron chi connectivity index (χ4n) is 5.07. The van der Waals surface area contributed by atoms with Gasteiger partial charge in [-0.3, -0.25) is 0 Å². The zero-order valence-corrected chi connectivity index (χ0v) is 15.4. The molecule has 2 heteroatoms. The lowest BCUT2D eigenvalue weighted by atomic mass is 9.83. The average molecular weight is 343 g/mol. The number of hydrogen-bond donors (Lipinski definition) is 0. The molecule has 2 aliphatic heterocycles. The number of para-hydroxylation sites is 1. The molecule has 0 amide bonds. The second-order valence-corrected chi connectivity index (χ2v) is 7.87. The molecular weight excluding hydrogens is 318 g/mol. The molecule has 4 atom stereocenters. The van der Waals surface area contributed by atoms with E-state index in [0.29, 0.717) is 17.9 Å². The van der Waals surface area contributed by atoms with E-state index in [0.717, 1.165) is 12.8 Å². The van der Waals surface area contributed by atoms with E-state index in [4.69, 9.17) is 4.74 Å². The molecule has 3 aliphatic rings. The molecule has 1 aliphatic carbocycles. The van der Waals surface area contributed by atoms with Crippen LogP contribution in [0.2, 0.25) is 0 Å².